The monoisotopic (exact) mass is 310 g/mol. The molecule has 0 aliphatic rings. The zero-order valence-electron chi connectivity index (χ0n) is 13.5. The maximum Gasteiger partial charge on any atom is 0.295 e. The van der Waals surface area contributed by atoms with Crippen molar-refractivity contribution in [2.24, 2.45) is 0 Å². The number of benzene rings is 1. The molecule has 0 atom stereocenters. The summed E-state index contributed by atoms with van der Waals surface area (Å²) in [5.41, 5.74) is 3.65. The average Bonchev–Trinajstić information content (AvgIpc) is 2.82. The van der Waals surface area contributed by atoms with Crippen LogP contribution in [0.3, 0.4) is 0 Å². The van der Waals surface area contributed by atoms with E-state index in [0.29, 0.717) is 16.7 Å². The van der Waals surface area contributed by atoms with E-state index < -0.39 is 5.91 Å². The molecule has 7 heteroatoms. The van der Waals surface area contributed by atoms with E-state index >= 15 is 0 Å². The van der Waals surface area contributed by atoms with E-state index in [1.54, 1.807) is 12.1 Å². The van der Waals surface area contributed by atoms with Crippen molar-refractivity contribution in [3.05, 3.63) is 41.5 Å². The van der Waals surface area contributed by atoms with Gasteiger partial charge in [-0.25, -0.2) is 4.98 Å². The maximum absolute atomic E-state index is 12.4. The first-order valence-electron chi connectivity index (χ1n) is 7.44. The number of carbonyl (C=O) groups excluding carboxylic acids is 1. The lowest BCUT2D eigenvalue weighted by Gasteiger charge is -2.09. The smallest absolute Gasteiger partial charge is 0.295 e. The third-order valence-corrected chi connectivity index (χ3v) is 3.62. The van der Waals surface area contributed by atoms with Crippen molar-refractivity contribution in [3.63, 3.8) is 0 Å². The van der Waals surface area contributed by atoms with Crippen LogP contribution in [0.2, 0.25) is 0 Å². The van der Waals surface area contributed by atoms with Crippen molar-refractivity contribution in [1.82, 2.24) is 25.0 Å². The van der Waals surface area contributed by atoms with Crippen LogP contribution in [0.4, 0.5) is 5.69 Å². The second-order valence-corrected chi connectivity index (χ2v) is 5.66. The van der Waals surface area contributed by atoms with Gasteiger partial charge in [0.25, 0.3) is 5.91 Å². The van der Waals surface area contributed by atoms with E-state index in [1.807, 2.05) is 44.5 Å². The number of nitrogens with zero attached hydrogens (tertiary/aromatic N) is 5. The van der Waals surface area contributed by atoms with Crippen LogP contribution in [0, 0.1) is 13.8 Å². The summed E-state index contributed by atoms with van der Waals surface area (Å²) in [7, 11) is 0. The molecule has 0 bridgehead atoms. The Hall–Kier alpha value is -2.83. The van der Waals surface area contributed by atoms with Gasteiger partial charge in [0.05, 0.1) is 22.6 Å². The molecule has 3 rings (SSSR count). The molecule has 0 aliphatic heterocycles. The summed E-state index contributed by atoms with van der Waals surface area (Å²) in [5.74, 6) is -0.349. The molecule has 0 saturated heterocycles. The minimum Gasteiger partial charge on any atom is -0.316 e. The van der Waals surface area contributed by atoms with Crippen molar-refractivity contribution < 1.29 is 4.79 Å². The summed E-state index contributed by atoms with van der Waals surface area (Å²) in [6.45, 7) is 7.87. The third-order valence-electron chi connectivity index (χ3n) is 3.62. The first kappa shape index (κ1) is 15.1. The van der Waals surface area contributed by atoms with Crippen molar-refractivity contribution in [2.45, 2.75) is 33.7 Å². The normalized spacial score (nSPS) is 11.2. The number of hydrogen-bond acceptors (Lipinski definition) is 5. The topological polar surface area (TPSA) is 85.6 Å². The molecule has 0 unspecified atom stereocenters. The zero-order chi connectivity index (χ0) is 16.6. The highest BCUT2D eigenvalue weighted by Crippen LogP contribution is 2.22. The lowest BCUT2D eigenvalue weighted by molar-refractivity contribution is 0.101. The summed E-state index contributed by atoms with van der Waals surface area (Å²) in [5, 5.41) is 15.2. The van der Waals surface area contributed by atoms with E-state index in [-0.39, 0.29) is 11.9 Å². The summed E-state index contributed by atoms with van der Waals surface area (Å²) < 4.78 is 1.88. The lowest BCUT2D eigenvalue weighted by Crippen LogP contribution is -2.17. The maximum atomic E-state index is 12.4. The van der Waals surface area contributed by atoms with Gasteiger partial charge in [0.15, 0.2) is 0 Å². The minimum absolute atomic E-state index is 0.0415. The van der Waals surface area contributed by atoms with Crippen LogP contribution in [-0.4, -0.2) is 30.9 Å². The van der Waals surface area contributed by atoms with Gasteiger partial charge in [0, 0.05) is 6.04 Å². The van der Waals surface area contributed by atoms with Gasteiger partial charge in [-0.3, -0.25) is 9.48 Å². The fourth-order valence-electron chi connectivity index (χ4n) is 2.49. The van der Waals surface area contributed by atoms with Crippen molar-refractivity contribution in [3.8, 4) is 0 Å². The van der Waals surface area contributed by atoms with Crippen LogP contribution in [0.5, 0.6) is 0 Å². The first-order valence-corrected chi connectivity index (χ1v) is 7.44. The quantitative estimate of drug-likeness (QED) is 0.804. The summed E-state index contributed by atoms with van der Waals surface area (Å²) in [6, 6.07) is 7.52. The molecular formula is C16H18N6O. The Bertz CT molecular complexity index is 883. The van der Waals surface area contributed by atoms with Gasteiger partial charge < -0.3 is 5.32 Å². The predicted molar refractivity (Wildman–Crippen MR) is 87.4 cm³/mol. The van der Waals surface area contributed by atoms with E-state index in [2.05, 4.69) is 25.6 Å². The summed E-state index contributed by atoms with van der Waals surface area (Å²) in [6.07, 6.45) is 0. The van der Waals surface area contributed by atoms with E-state index in [0.717, 1.165) is 11.4 Å². The van der Waals surface area contributed by atoms with Gasteiger partial charge >= 0.3 is 0 Å². The molecule has 0 aliphatic carbocycles. The van der Waals surface area contributed by atoms with Crippen molar-refractivity contribution in [1.29, 1.82) is 0 Å². The number of nitrogens with one attached hydrogen (secondary N) is 1. The zero-order valence-corrected chi connectivity index (χ0v) is 13.5. The number of rotatable bonds is 3. The highest BCUT2D eigenvalue weighted by molar-refractivity contribution is 6.02. The Labute approximate surface area is 133 Å². The molecule has 1 N–H and O–H groups in total. The number of para-hydroxylation sites is 1. The van der Waals surface area contributed by atoms with Gasteiger partial charge in [-0.2, -0.15) is 5.10 Å². The lowest BCUT2D eigenvalue weighted by atomic mass is 10.3. The highest BCUT2D eigenvalue weighted by Gasteiger charge is 2.18. The number of aryl methyl sites for hydroxylation is 1. The molecule has 3 aromatic rings. The number of aromatic nitrogens is 5. The average molecular weight is 310 g/mol. The van der Waals surface area contributed by atoms with Crippen molar-refractivity contribution >= 4 is 22.6 Å². The Morgan fingerprint density at radius 2 is 1.83 bits per heavy atom. The van der Waals surface area contributed by atoms with Crippen LogP contribution in [-0.2, 0) is 0 Å². The standard InChI is InChI=1S/C16H18N6O/c1-9(2)22-11(4)14(10(3)21-22)18-16(23)15-17-12-7-5-6-8-13(12)19-20-15/h5-9H,1-4H3,(H,18,23). The van der Waals surface area contributed by atoms with Crippen LogP contribution in [0.1, 0.15) is 41.9 Å². The van der Waals surface area contributed by atoms with Crippen molar-refractivity contribution in [2.75, 3.05) is 5.32 Å². The van der Waals surface area contributed by atoms with Gasteiger partial charge in [0.2, 0.25) is 5.82 Å². The molecule has 1 amide bonds. The molecule has 2 aromatic heterocycles. The number of anilines is 1. The summed E-state index contributed by atoms with van der Waals surface area (Å²) >= 11 is 0. The predicted octanol–water partition coefficient (Wildman–Crippen LogP) is 2.67. The second kappa shape index (κ2) is 5.75. The van der Waals surface area contributed by atoms with Crippen LogP contribution >= 0.6 is 0 Å². The van der Waals surface area contributed by atoms with Gasteiger partial charge in [-0.1, -0.05) is 12.1 Å². The molecule has 118 valence electrons. The molecule has 1 aromatic carbocycles. The third kappa shape index (κ3) is 2.77. The number of amides is 1. The molecule has 0 spiro atoms. The minimum atomic E-state index is -0.391. The summed E-state index contributed by atoms with van der Waals surface area (Å²) in [4.78, 5) is 16.7. The van der Waals surface area contributed by atoms with Crippen LogP contribution in [0.25, 0.3) is 11.0 Å². The number of fused-ring (bicyclic) bond motifs is 1. The molecule has 7 nitrogen and oxygen atoms in total. The Morgan fingerprint density at radius 3 is 2.48 bits per heavy atom. The Balaban J connectivity index is 1.92. The second-order valence-electron chi connectivity index (χ2n) is 5.66. The van der Waals surface area contributed by atoms with Gasteiger partial charge in [-0.05, 0) is 39.8 Å². The molecule has 0 fully saturated rings. The molecule has 0 saturated carbocycles. The highest BCUT2D eigenvalue weighted by atomic mass is 16.2. The fourth-order valence-corrected chi connectivity index (χ4v) is 2.49. The van der Waals surface area contributed by atoms with E-state index in [4.69, 9.17) is 0 Å². The Kier molecular flexibility index (Phi) is 3.77. The fraction of sp³-hybridized carbons (Fsp3) is 0.312. The molecule has 23 heavy (non-hydrogen) atoms. The SMILES string of the molecule is Cc1nn(C(C)C)c(C)c1NC(=O)c1nnc2ccccc2n1. The van der Waals surface area contributed by atoms with Crippen LogP contribution in [0.15, 0.2) is 24.3 Å². The number of carbonyl (C=O) groups is 1. The molecular weight excluding hydrogens is 292 g/mol. The first-order chi connectivity index (χ1) is 11.0. The van der Waals surface area contributed by atoms with E-state index in [1.165, 1.54) is 0 Å². The van der Waals surface area contributed by atoms with E-state index in [9.17, 15) is 4.79 Å². The van der Waals surface area contributed by atoms with Crippen LogP contribution < -0.4 is 5.32 Å². The molecule has 0 radical (unpaired) electrons. The van der Waals surface area contributed by atoms with Gasteiger partial charge in [0.1, 0.15) is 5.52 Å². The largest absolute Gasteiger partial charge is 0.316 e. The Morgan fingerprint density at radius 1 is 1.13 bits per heavy atom. The number of hydrogen-bond donors (Lipinski definition) is 1. The molecule has 2 heterocycles. The van der Waals surface area contributed by atoms with Gasteiger partial charge in [-0.15, -0.1) is 10.2 Å².